The summed E-state index contributed by atoms with van der Waals surface area (Å²) < 4.78 is 4.98. The van der Waals surface area contributed by atoms with Crippen molar-refractivity contribution in [2.24, 2.45) is 0 Å². The molecule has 0 radical (unpaired) electrons. The number of nitrogens with one attached hydrogen (secondary N) is 1. The zero-order valence-corrected chi connectivity index (χ0v) is 10.2. The van der Waals surface area contributed by atoms with Gasteiger partial charge in [-0.2, -0.15) is 4.98 Å². The van der Waals surface area contributed by atoms with Crippen LogP contribution >= 0.6 is 11.6 Å². The van der Waals surface area contributed by atoms with Gasteiger partial charge >= 0.3 is 0 Å². The highest BCUT2D eigenvalue weighted by Gasteiger charge is 2.24. The summed E-state index contributed by atoms with van der Waals surface area (Å²) in [6.45, 7) is 5.94. The molecule has 1 unspecified atom stereocenters. The molecule has 1 N–H and O–H groups in total. The lowest BCUT2D eigenvalue weighted by molar-refractivity contribution is 0.395. The number of anilines is 1. The van der Waals surface area contributed by atoms with E-state index in [0.717, 1.165) is 0 Å². The topological polar surface area (TPSA) is 47.0 Å². The number of aromatic nitrogens is 2. The second-order valence-electron chi connectivity index (χ2n) is 3.91. The maximum Gasteiger partial charge on any atom is 0.233 e. The summed E-state index contributed by atoms with van der Waals surface area (Å²) in [6, 6.07) is 0. The first-order valence-corrected chi connectivity index (χ1v) is 5.17. The molecule has 0 fully saturated rings. The lowest BCUT2D eigenvalue weighted by Crippen LogP contribution is -2.39. The third-order valence-corrected chi connectivity index (χ3v) is 2.81. The molecule has 0 aliphatic carbocycles. The summed E-state index contributed by atoms with van der Waals surface area (Å²) in [7, 11) is 1.56. The molecular weight excluding hydrogens is 214 g/mol. The number of nitrogens with zero attached hydrogens (tertiary/aromatic N) is 2. The van der Waals surface area contributed by atoms with Gasteiger partial charge in [-0.25, -0.2) is 0 Å². The second kappa shape index (κ2) is 4.66. The summed E-state index contributed by atoms with van der Waals surface area (Å²) in [5, 5.41) is 3.18. The van der Waals surface area contributed by atoms with Crippen molar-refractivity contribution in [3.8, 4) is 5.88 Å². The van der Waals surface area contributed by atoms with Gasteiger partial charge in [-0.1, -0.05) is 0 Å². The van der Waals surface area contributed by atoms with E-state index in [1.165, 1.54) is 0 Å². The largest absolute Gasteiger partial charge is 0.480 e. The van der Waals surface area contributed by atoms with Gasteiger partial charge in [-0.15, -0.1) is 11.6 Å². The zero-order valence-electron chi connectivity index (χ0n) is 9.41. The monoisotopic (exact) mass is 229 g/mol. The van der Waals surface area contributed by atoms with Gasteiger partial charge in [0.05, 0.1) is 24.9 Å². The van der Waals surface area contributed by atoms with Crippen LogP contribution in [0.3, 0.4) is 0 Å². The molecule has 0 aromatic carbocycles. The molecule has 0 aliphatic heterocycles. The summed E-state index contributed by atoms with van der Waals surface area (Å²) in [5.41, 5.74) is -0.247. The second-order valence-corrected chi connectivity index (χ2v) is 4.56. The van der Waals surface area contributed by atoms with Crippen LogP contribution in [0.5, 0.6) is 5.88 Å². The minimum atomic E-state index is -0.247. The Labute approximate surface area is 95.0 Å². The molecule has 15 heavy (non-hydrogen) atoms. The van der Waals surface area contributed by atoms with Gasteiger partial charge in [0.1, 0.15) is 5.82 Å². The van der Waals surface area contributed by atoms with Crippen molar-refractivity contribution in [1.82, 2.24) is 9.97 Å². The van der Waals surface area contributed by atoms with Crippen molar-refractivity contribution in [1.29, 1.82) is 0 Å². The fourth-order valence-electron chi connectivity index (χ4n) is 0.936. The highest BCUT2D eigenvalue weighted by atomic mass is 35.5. The summed E-state index contributed by atoms with van der Waals surface area (Å²) in [5.74, 6) is 1.14. The standard InChI is InChI=1S/C10H16ClN3O/c1-7(11)10(2,3)14-8-5-12-6-9(13-8)15-4/h5-7H,1-4H3,(H,13,14). The van der Waals surface area contributed by atoms with E-state index in [-0.39, 0.29) is 10.9 Å². The highest BCUT2D eigenvalue weighted by Crippen LogP contribution is 2.20. The smallest absolute Gasteiger partial charge is 0.233 e. The van der Waals surface area contributed by atoms with E-state index in [1.54, 1.807) is 19.5 Å². The van der Waals surface area contributed by atoms with E-state index in [9.17, 15) is 0 Å². The van der Waals surface area contributed by atoms with Crippen molar-refractivity contribution in [2.45, 2.75) is 31.7 Å². The highest BCUT2D eigenvalue weighted by molar-refractivity contribution is 6.21. The zero-order chi connectivity index (χ0) is 11.5. The molecule has 0 aliphatic rings. The molecule has 1 atom stereocenters. The molecule has 4 nitrogen and oxygen atoms in total. The molecule has 5 heteroatoms. The van der Waals surface area contributed by atoms with E-state index in [1.807, 2.05) is 20.8 Å². The minimum Gasteiger partial charge on any atom is -0.480 e. The van der Waals surface area contributed by atoms with E-state index in [2.05, 4.69) is 15.3 Å². The van der Waals surface area contributed by atoms with Crippen molar-refractivity contribution in [2.75, 3.05) is 12.4 Å². The van der Waals surface area contributed by atoms with Crippen LogP contribution in [0.4, 0.5) is 5.82 Å². The first-order valence-electron chi connectivity index (χ1n) is 4.74. The SMILES string of the molecule is COc1cncc(NC(C)(C)C(C)Cl)n1. The molecule has 1 rings (SSSR count). The van der Waals surface area contributed by atoms with Crippen LogP contribution < -0.4 is 10.1 Å². The Morgan fingerprint density at radius 3 is 2.67 bits per heavy atom. The van der Waals surface area contributed by atoms with Crippen LogP contribution in [0.2, 0.25) is 0 Å². The third kappa shape index (κ3) is 3.23. The molecule has 0 spiro atoms. The average Bonchev–Trinajstić information content (AvgIpc) is 2.17. The molecule has 1 aromatic heterocycles. The van der Waals surface area contributed by atoms with E-state index in [4.69, 9.17) is 16.3 Å². The average molecular weight is 230 g/mol. The molecular formula is C10H16ClN3O. The van der Waals surface area contributed by atoms with E-state index >= 15 is 0 Å². The normalized spacial score (nSPS) is 13.4. The van der Waals surface area contributed by atoms with E-state index in [0.29, 0.717) is 11.7 Å². The summed E-state index contributed by atoms with van der Waals surface area (Å²) in [4.78, 5) is 8.21. The predicted molar refractivity (Wildman–Crippen MR) is 61.6 cm³/mol. The van der Waals surface area contributed by atoms with Gasteiger partial charge in [0, 0.05) is 5.54 Å². The van der Waals surface area contributed by atoms with Crippen LogP contribution in [0.1, 0.15) is 20.8 Å². The van der Waals surface area contributed by atoms with E-state index < -0.39 is 0 Å². The fourth-order valence-corrected chi connectivity index (χ4v) is 0.991. The van der Waals surface area contributed by atoms with Crippen molar-refractivity contribution < 1.29 is 4.74 Å². The molecule has 0 amide bonds. The molecule has 0 saturated carbocycles. The summed E-state index contributed by atoms with van der Waals surface area (Å²) in [6.07, 6.45) is 3.20. The van der Waals surface area contributed by atoms with Crippen LogP contribution in [-0.4, -0.2) is 28.0 Å². The van der Waals surface area contributed by atoms with Gasteiger partial charge in [0.2, 0.25) is 5.88 Å². The fraction of sp³-hybridized carbons (Fsp3) is 0.600. The van der Waals surface area contributed by atoms with Gasteiger partial charge < -0.3 is 10.1 Å². The lowest BCUT2D eigenvalue weighted by atomic mass is 10.0. The van der Waals surface area contributed by atoms with Gasteiger partial charge in [-0.3, -0.25) is 4.98 Å². The number of methoxy groups -OCH3 is 1. The quantitative estimate of drug-likeness (QED) is 0.805. The maximum atomic E-state index is 6.05. The first-order chi connectivity index (χ1) is 6.95. The number of hydrogen-bond donors (Lipinski definition) is 1. The van der Waals surface area contributed by atoms with Gasteiger partial charge in [0.25, 0.3) is 0 Å². The van der Waals surface area contributed by atoms with Crippen LogP contribution in [-0.2, 0) is 0 Å². The first kappa shape index (κ1) is 12.0. The molecule has 84 valence electrons. The lowest BCUT2D eigenvalue weighted by Gasteiger charge is -2.29. The molecule has 1 heterocycles. The third-order valence-electron chi connectivity index (χ3n) is 2.27. The Kier molecular flexibility index (Phi) is 3.74. The van der Waals surface area contributed by atoms with Crippen LogP contribution in [0, 0.1) is 0 Å². The number of ether oxygens (including phenoxy) is 1. The van der Waals surface area contributed by atoms with Crippen molar-refractivity contribution in [3.05, 3.63) is 12.4 Å². The number of hydrogen-bond acceptors (Lipinski definition) is 4. The van der Waals surface area contributed by atoms with Gasteiger partial charge in [0.15, 0.2) is 0 Å². The Bertz CT molecular complexity index is 328. The van der Waals surface area contributed by atoms with Crippen molar-refractivity contribution >= 4 is 17.4 Å². The molecule has 1 aromatic rings. The van der Waals surface area contributed by atoms with Crippen LogP contribution in [0.15, 0.2) is 12.4 Å². The van der Waals surface area contributed by atoms with Gasteiger partial charge in [-0.05, 0) is 20.8 Å². The predicted octanol–water partition coefficient (Wildman–Crippen LogP) is 2.30. The molecule has 0 saturated heterocycles. The Morgan fingerprint density at radius 2 is 2.13 bits per heavy atom. The molecule has 0 bridgehead atoms. The minimum absolute atomic E-state index is 0.0227. The number of alkyl halides is 1. The summed E-state index contributed by atoms with van der Waals surface area (Å²) >= 11 is 6.05. The Hall–Kier alpha value is -1.03. The Morgan fingerprint density at radius 1 is 1.47 bits per heavy atom. The number of halogens is 1. The maximum absolute atomic E-state index is 6.05. The Balaban J connectivity index is 2.80. The number of rotatable bonds is 4. The van der Waals surface area contributed by atoms with Crippen molar-refractivity contribution in [3.63, 3.8) is 0 Å². The van der Waals surface area contributed by atoms with Crippen LogP contribution in [0.25, 0.3) is 0 Å².